The van der Waals surface area contributed by atoms with Crippen molar-refractivity contribution in [2.45, 2.75) is 45.3 Å². The minimum atomic E-state index is -3.98. The van der Waals surface area contributed by atoms with E-state index in [0.717, 1.165) is 16.1 Å². The van der Waals surface area contributed by atoms with E-state index in [1.807, 2.05) is 51.1 Å². The quantitative estimate of drug-likeness (QED) is 0.301. The lowest BCUT2D eigenvalue weighted by molar-refractivity contribution is -0.140. The number of nitrogens with one attached hydrogen (secondary N) is 1. The third-order valence-electron chi connectivity index (χ3n) is 5.92. The lowest BCUT2D eigenvalue weighted by Gasteiger charge is -2.35. The van der Waals surface area contributed by atoms with Crippen LogP contribution in [-0.2, 0) is 32.6 Å². The molecule has 0 fully saturated rings. The van der Waals surface area contributed by atoms with E-state index in [2.05, 4.69) is 5.32 Å². The molecule has 2 amide bonds. The fraction of sp³-hybridized carbons (Fsp3) is 0.310. The van der Waals surface area contributed by atoms with Gasteiger partial charge in [-0.25, -0.2) is 8.42 Å². The number of carbonyl (C=O) groups is 2. The van der Waals surface area contributed by atoms with Crippen LogP contribution in [0.5, 0.6) is 0 Å². The van der Waals surface area contributed by atoms with Crippen molar-refractivity contribution in [2.75, 3.05) is 17.1 Å². The molecule has 3 rings (SSSR count). The molecule has 0 aliphatic heterocycles. The average molecular weight is 625 g/mol. The summed E-state index contributed by atoms with van der Waals surface area (Å²) in [5.74, 6) is -1.00. The standard InChI is InChI=1S/C29H32Cl3N3O4S/c1-29(2,3)33-28(37)26(16-20-10-6-5-7-11-20)34(18-21-12-8-9-13-23(21)31)27(36)19-35(40(4,38)39)25-17-22(30)14-15-24(25)32/h5-15,17,26H,16,18-19H2,1-4H3,(H,33,37). The van der Waals surface area contributed by atoms with Crippen molar-refractivity contribution >= 4 is 62.3 Å². The van der Waals surface area contributed by atoms with Crippen molar-refractivity contribution in [1.29, 1.82) is 0 Å². The SMILES string of the molecule is CC(C)(C)NC(=O)C(Cc1ccccc1)N(Cc1ccccc1Cl)C(=O)CN(c1cc(Cl)ccc1Cl)S(C)(=O)=O. The van der Waals surface area contributed by atoms with Crippen molar-refractivity contribution < 1.29 is 18.0 Å². The van der Waals surface area contributed by atoms with Gasteiger partial charge in [0.25, 0.3) is 0 Å². The second-order valence-electron chi connectivity index (χ2n) is 10.4. The monoisotopic (exact) mass is 623 g/mol. The molecule has 1 N–H and O–H groups in total. The summed E-state index contributed by atoms with van der Waals surface area (Å²) in [6, 6.07) is 19.6. The highest BCUT2D eigenvalue weighted by Gasteiger charge is 2.35. The summed E-state index contributed by atoms with van der Waals surface area (Å²) in [6.45, 7) is 4.89. The molecule has 0 aliphatic rings. The van der Waals surface area contributed by atoms with Gasteiger partial charge < -0.3 is 10.2 Å². The highest BCUT2D eigenvalue weighted by Crippen LogP contribution is 2.31. The van der Waals surface area contributed by atoms with Gasteiger partial charge in [0.2, 0.25) is 21.8 Å². The molecule has 0 radical (unpaired) electrons. The molecule has 11 heteroatoms. The molecule has 0 saturated heterocycles. The molecule has 0 saturated carbocycles. The zero-order chi connectivity index (χ0) is 29.7. The Kier molecular flexibility index (Phi) is 10.5. The van der Waals surface area contributed by atoms with Crippen LogP contribution in [-0.4, -0.2) is 49.5 Å². The molecule has 40 heavy (non-hydrogen) atoms. The third-order valence-corrected chi connectivity index (χ3v) is 7.97. The summed E-state index contributed by atoms with van der Waals surface area (Å²) in [5, 5.41) is 3.73. The van der Waals surface area contributed by atoms with Crippen LogP contribution in [0.15, 0.2) is 72.8 Å². The summed E-state index contributed by atoms with van der Waals surface area (Å²) < 4.78 is 26.7. The molecule has 0 bridgehead atoms. The Labute approximate surface area is 251 Å². The van der Waals surface area contributed by atoms with Gasteiger partial charge in [-0.3, -0.25) is 13.9 Å². The van der Waals surface area contributed by atoms with Gasteiger partial charge >= 0.3 is 0 Å². The molecule has 3 aromatic carbocycles. The van der Waals surface area contributed by atoms with Crippen molar-refractivity contribution in [3.05, 3.63) is 99.0 Å². The summed E-state index contributed by atoms with van der Waals surface area (Å²) in [5.41, 5.74) is 0.900. The number of halogens is 3. The molecule has 0 heterocycles. The molecular formula is C29H32Cl3N3O4S. The van der Waals surface area contributed by atoms with Gasteiger partial charge in [-0.15, -0.1) is 0 Å². The smallest absolute Gasteiger partial charge is 0.244 e. The fourth-order valence-corrected chi connectivity index (χ4v) is 5.57. The van der Waals surface area contributed by atoms with Crippen LogP contribution in [0, 0.1) is 0 Å². The first-order chi connectivity index (χ1) is 18.7. The minimum absolute atomic E-state index is 0.0333. The number of nitrogens with zero attached hydrogens (tertiary/aromatic N) is 2. The minimum Gasteiger partial charge on any atom is -0.350 e. The largest absolute Gasteiger partial charge is 0.350 e. The lowest BCUT2D eigenvalue weighted by atomic mass is 10.0. The first-order valence-corrected chi connectivity index (χ1v) is 15.5. The Morgan fingerprint density at radius 1 is 0.900 bits per heavy atom. The van der Waals surface area contributed by atoms with Gasteiger partial charge in [0.1, 0.15) is 12.6 Å². The molecule has 0 aliphatic carbocycles. The first kappa shape index (κ1) is 31.7. The topological polar surface area (TPSA) is 86.8 Å². The Bertz CT molecular complexity index is 1460. The molecule has 1 unspecified atom stereocenters. The number of carbonyl (C=O) groups excluding carboxylic acids is 2. The number of hydrogen-bond acceptors (Lipinski definition) is 4. The Balaban J connectivity index is 2.11. The zero-order valence-corrected chi connectivity index (χ0v) is 25.8. The van der Waals surface area contributed by atoms with E-state index in [-0.39, 0.29) is 34.6 Å². The summed E-state index contributed by atoms with van der Waals surface area (Å²) in [6.07, 6.45) is 1.17. The van der Waals surface area contributed by atoms with Gasteiger partial charge in [0.05, 0.1) is 17.0 Å². The third kappa shape index (κ3) is 8.86. The maximum Gasteiger partial charge on any atom is 0.244 e. The maximum atomic E-state index is 14.1. The van der Waals surface area contributed by atoms with E-state index >= 15 is 0 Å². The summed E-state index contributed by atoms with van der Waals surface area (Å²) in [7, 11) is -3.98. The van der Waals surface area contributed by atoms with Crippen LogP contribution in [0.2, 0.25) is 15.1 Å². The van der Waals surface area contributed by atoms with Crippen LogP contribution in [0.1, 0.15) is 31.9 Å². The summed E-state index contributed by atoms with van der Waals surface area (Å²) in [4.78, 5) is 29.2. The predicted molar refractivity (Wildman–Crippen MR) is 162 cm³/mol. The molecule has 3 aromatic rings. The number of benzene rings is 3. The van der Waals surface area contributed by atoms with Crippen molar-refractivity contribution in [3.8, 4) is 0 Å². The predicted octanol–water partition coefficient (Wildman–Crippen LogP) is 5.97. The van der Waals surface area contributed by atoms with E-state index in [1.54, 1.807) is 24.3 Å². The number of rotatable bonds is 10. The number of sulfonamides is 1. The van der Waals surface area contributed by atoms with Crippen LogP contribution in [0.25, 0.3) is 0 Å². The molecule has 214 valence electrons. The Morgan fingerprint density at radius 3 is 2.12 bits per heavy atom. The second-order valence-corrected chi connectivity index (χ2v) is 13.6. The zero-order valence-electron chi connectivity index (χ0n) is 22.7. The van der Waals surface area contributed by atoms with E-state index in [1.165, 1.54) is 23.1 Å². The van der Waals surface area contributed by atoms with E-state index in [0.29, 0.717) is 10.6 Å². The van der Waals surface area contributed by atoms with Gasteiger partial charge in [-0.2, -0.15) is 0 Å². The van der Waals surface area contributed by atoms with Gasteiger partial charge in [-0.1, -0.05) is 83.3 Å². The Hall–Kier alpha value is -2.78. The Morgan fingerprint density at radius 2 is 1.52 bits per heavy atom. The van der Waals surface area contributed by atoms with Gasteiger partial charge in [-0.05, 0) is 56.2 Å². The van der Waals surface area contributed by atoms with E-state index in [9.17, 15) is 18.0 Å². The molecule has 0 spiro atoms. The summed E-state index contributed by atoms with van der Waals surface area (Å²) >= 11 is 18.9. The normalized spacial score (nSPS) is 12.5. The second kappa shape index (κ2) is 13.3. The number of amides is 2. The maximum absolute atomic E-state index is 14.1. The van der Waals surface area contributed by atoms with Gasteiger partial charge in [0.15, 0.2) is 0 Å². The molecular weight excluding hydrogens is 593 g/mol. The van der Waals surface area contributed by atoms with Crippen LogP contribution in [0.4, 0.5) is 5.69 Å². The average Bonchev–Trinajstić information content (AvgIpc) is 2.86. The number of anilines is 1. The van der Waals surface area contributed by atoms with Crippen LogP contribution < -0.4 is 9.62 Å². The fourth-order valence-electron chi connectivity index (χ4n) is 4.09. The van der Waals surface area contributed by atoms with Crippen molar-refractivity contribution in [3.63, 3.8) is 0 Å². The molecule has 1 atom stereocenters. The lowest BCUT2D eigenvalue weighted by Crippen LogP contribution is -2.56. The van der Waals surface area contributed by atoms with Crippen molar-refractivity contribution in [2.24, 2.45) is 0 Å². The number of hydrogen-bond donors (Lipinski definition) is 1. The van der Waals surface area contributed by atoms with E-state index < -0.39 is 34.1 Å². The first-order valence-electron chi connectivity index (χ1n) is 12.5. The molecule has 0 aromatic heterocycles. The van der Waals surface area contributed by atoms with E-state index in [4.69, 9.17) is 34.8 Å². The van der Waals surface area contributed by atoms with Crippen molar-refractivity contribution in [1.82, 2.24) is 10.2 Å². The molecule has 7 nitrogen and oxygen atoms in total. The van der Waals surface area contributed by atoms with Gasteiger partial charge in [0, 0.05) is 28.5 Å². The highest BCUT2D eigenvalue weighted by molar-refractivity contribution is 7.92. The van der Waals surface area contributed by atoms with Crippen LogP contribution in [0.3, 0.4) is 0 Å². The van der Waals surface area contributed by atoms with Crippen LogP contribution >= 0.6 is 34.8 Å². The highest BCUT2D eigenvalue weighted by atomic mass is 35.5.